The Kier molecular flexibility index (Phi) is 6.24. The minimum absolute atomic E-state index is 0.0131. The van der Waals surface area contributed by atoms with E-state index in [4.69, 9.17) is 5.11 Å². The fourth-order valence-electron chi connectivity index (χ4n) is 2.17. The standard InChI is InChI=1S/C16H22N2O5/c1-11(2)16(3,10-15(20)21)17-14(19)8-7-12-5-4-6-13(9-12)18(22)23/h4-6,9,11H,7-8,10H2,1-3H3,(H,17,19)(H,20,21). The van der Waals surface area contributed by atoms with E-state index in [2.05, 4.69) is 5.32 Å². The highest BCUT2D eigenvalue weighted by molar-refractivity contribution is 5.78. The summed E-state index contributed by atoms with van der Waals surface area (Å²) in [6.07, 6.45) is 0.338. The number of carboxylic acid groups (broad SMARTS) is 1. The first-order chi connectivity index (χ1) is 10.6. The molecule has 0 aliphatic rings. The molecule has 7 nitrogen and oxygen atoms in total. The van der Waals surface area contributed by atoms with Gasteiger partial charge in [0.1, 0.15) is 0 Å². The van der Waals surface area contributed by atoms with E-state index in [0.29, 0.717) is 12.0 Å². The van der Waals surface area contributed by atoms with Crippen molar-refractivity contribution in [2.75, 3.05) is 0 Å². The van der Waals surface area contributed by atoms with Crippen LogP contribution in [0, 0.1) is 16.0 Å². The fourth-order valence-corrected chi connectivity index (χ4v) is 2.17. The number of benzene rings is 1. The second kappa shape index (κ2) is 7.71. The Hall–Kier alpha value is -2.44. The molecule has 126 valence electrons. The van der Waals surface area contributed by atoms with Crippen molar-refractivity contribution in [3.05, 3.63) is 39.9 Å². The average molecular weight is 322 g/mol. The zero-order valence-electron chi connectivity index (χ0n) is 13.5. The van der Waals surface area contributed by atoms with Gasteiger partial charge in [0.2, 0.25) is 5.91 Å². The minimum atomic E-state index is -0.972. The fraction of sp³-hybridized carbons (Fsp3) is 0.500. The van der Waals surface area contributed by atoms with Crippen LogP contribution in [-0.2, 0) is 16.0 Å². The maximum atomic E-state index is 12.1. The molecule has 0 aromatic heterocycles. The Labute approximate surface area is 134 Å². The van der Waals surface area contributed by atoms with Crippen molar-refractivity contribution < 1.29 is 19.6 Å². The zero-order valence-corrected chi connectivity index (χ0v) is 13.5. The first-order valence-electron chi connectivity index (χ1n) is 7.40. The van der Waals surface area contributed by atoms with Gasteiger partial charge in [0.25, 0.3) is 5.69 Å². The second-order valence-corrected chi connectivity index (χ2v) is 6.12. The molecule has 0 heterocycles. The molecule has 1 atom stereocenters. The summed E-state index contributed by atoms with van der Waals surface area (Å²) in [5.41, 5.74) is -0.148. The van der Waals surface area contributed by atoms with E-state index in [0.717, 1.165) is 0 Å². The molecule has 0 aliphatic carbocycles. The van der Waals surface area contributed by atoms with Crippen LogP contribution >= 0.6 is 0 Å². The summed E-state index contributed by atoms with van der Waals surface area (Å²) in [4.78, 5) is 33.3. The number of nitro groups is 1. The summed E-state index contributed by atoms with van der Waals surface area (Å²) >= 11 is 0. The van der Waals surface area contributed by atoms with Crippen LogP contribution in [0.5, 0.6) is 0 Å². The largest absolute Gasteiger partial charge is 0.481 e. The number of carbonyl (C=O) groups excluding carboxylic acids is 1. The highest BCUT2D eigenvalue weighted by atomic mass is 16.6. The van der Waals surface area contributed by atoms with Crippen LogP contribution in [0.2, 0.25) is 0 Å². The van der Waals surface area contributed by atoms with E-state index in [1.807, 2.05) is 13.8 Å². The van der Waals surface area contributed by atoms with Crippen molar-refractivity contribution in [1.82, 2.24) is 5.32 Å². The van der Waals surface area contributed by atoms with Crippen LogP contribution in [-0.4, -0.2) is 27.4 Å². The molecule has 2 N–H and O–H groups in total. The Morgan fingerprint density at radius 2 is 2.04 bits per heavy atom. The third-order valence-corrected chi connectivity index (χ3v) is 3.98. The zero-order chi connectivity index (χ0) is 17.6. The lowest BCUT2D eigenvalue weighted by atomic mass is 9.85. The number of carboxylic acids is 1. The van der Waals surface area contributed by atoms with Gasteiger partial charge in [-0.1, -0.05) is 26.0 Å². The van der Waals surface area contributed by atoms with Gasteiger partial charge < -0.3 is 10.4 Å². The van der Waals surface area contributed by atoms with E-state index in [1.54, 1.807) is 19.1 Å². The minimum Gasteiger partial charge on any atom is -0.481 e. The third kappa shape index (κ3) is 5.69. The number of amides is 1. The van der Waals surface area contributed by atoms with Crippen LogP contribution in [0.3, 0.4) is 0 Å². The van der Waals surface area contributed by atoms with E-state index < -0.39 is 16.4 Å². The first kappa shape index (κ1) is 18.6. The van der Waals surface area contributed by atoms with E-state index >= 15 is 0 Å². The van der Waals surface area contributed by atoms with Crippen LogP contribution in [0.4, 0.5) is 5.69 Å². The van der Waals surface area contributed by atoms with Crippen molar-refractivity contribution in [3.8, 4) is 0 Å². The Morgan fingerprint density at radius 3 is 2.57 bits per heavy atom. The number of nitrogens with one attached hydrogen (secondary N) is 1. The summed E-state index contributed by atoms with van der Waals surface area (Å²) in [6, 6.07) is 6.13. The number of carbonyl (C=O) groups is 2. The number of rotatable bonds is 8. The molecule has 0 bridgehead atoms. The molecule has 23 heavy (non-hydrogen) atoms. The van der Waals surface area contributed by atoms with E-state index in [1.165, 1.54) is 12.1 Å². The van der Waals surface area contributed by atoms with Crippen LogP contribution in [0.25, 0.3) is 0 Å². The molecule has 0 fully saturated rings. The van der Waals surface area contributed by atoms with Gasteiger partial charge in [-0.3, -0.25) is 19.7 Å². The number of non-ortho nitro benzene ring substituents is 1. The van der Waals surface area contributed by atoms with Crippen molar-refractivity contribution >= 4 is 17.6 Å². The predicted molar refractivity (Wildman–Crippen MR) is 85.1 cm³/mol. The summed E-state index contributed by atoms with van der Waals surface area (Å²) in [6.45, 7) is 5.41. The normalized spacial score (nSPS) is 13.4. The lowest BCUT2D eigenvalue weighted by Crippen LogP contribution is -2.51. The predicted octanol–water partition coefficient (Wildman–Crippen LogP) is 2.53. The topological polar surface area (TPSA) is 110 Å². The summed E-state index contributed by atoms with van der Waals surface area (Å²) in [5.74, 6) is -1.28. The smallest absolute Gasteiger partial charge is 0.305 e. The SMILES string of the molecule is CC(C)C(C)(CC(=O)O)NC(=O)CCc1cccc([N+](=O)[O-])c1. The van der Waals surface area contributed by atoms with Gasteiger partial charge in [-0.2, -0.15) is 0 Å². The quantitative estimate of drug-likeness (QED) is 0.564. The van der Waals surface area contributed by atoms with Gasteiger partial charge in [0.15, 0.2) is 0 Å². The molecule has 7 heteroatoms. The highest BCUT2D eigenvalue weighted by Gasteiger charge is 2.32. The number of hydrogen-bond acceptors (Lipinski definition) is 4. The monoisotopic (exact) mass is 322 g/mol. The Morgan fingerprint density at radius 1 is 1.39 bits per heavy atom. The van der Waals surface area contributed by atoms with Crippen molar-refractivity contribution in [1.29, 1.82) is 0 Å². The third-order valence-electron chi connectivity index (χ3n) is 3.98. The number of nitro benzene ring substituents is 1. The maximum absolute atomic E-state index is 12.1. The van der Waals surface area contributed by atoms with Crippen molar-refractivity contribution in [2.24, 2.45) is 5.92 Å². The molecule has 0 saturated heterocycles. The van der Waals surface area contributed by atoms with Crippen LogP contribution < -0.4 is 5.32 Å². The van der Waals surface area contributed by atoms with E-state index in [-0.39, 0.29) is 30.4 Å². The molecular formula is C16H22N2O5. The molecule has 1 aromatic carbocycles. The molecule has 1 rings (SSSR count). The molecule has 0 aliphatic heterocycles. The number of hydrogen-bond donors (Lipinski definition) is 2. The van der Waals surface area contributed by atoms with Gasteiger partial charge in [0.05, 0.1) is 11.3 Å². The molecule has 1 amide bonds. The summed E-state index contributed by atoms with van der Waals surface area (Å²) < 4.78 is 0. The number of aryl methyl sites for hydroxylation is 1. The molecule has 1 aromatic rings. The van der Waals surface area contributed by atoms with Crippen LogP contribution in [0.15, 0.2) is 24.3 Å². The lowest BCUT2D eigenvalue weighted by Gasteiger charge is -2.33. The summed E-state index contributed by atoms with van der Waals surface area (Å²) in [5, 5.41) is 22.5. The Balaban J connectivity index is 2.67. The second-order valence-electron chi connectivity index (χ2n) is 6.12. The van der Waals surface area contributed by atoms with E-state index in [9.17, 15) is 19.7 Å². The molecule has 1 unspecified atom stereocenters. The van der Waals surface area contributed by atoms with Gasteiger partial charge >= 0.3 is 5.97 Å². The van der Waals surface area contributed by atoms with Gasteiger partial charge in [-0.05, 0) is 24.8 Å². The van der Waals surface area contributed by atoms with Gasteiger partial charge in [-0.15, -0.1) is 0 Å². The first-order valence-corrected chi connectivity index (χ1v) is 7.40. The highest BCUT2D eigenvalue weighted by Crippen LogP contribution is 2.21. The van der Waals surface area contributed by atoms with Gasteiger partial charge in [0, 0.05) is 24.1 Å². The van der Waals surface area contributed by atoms with Gasteiger partial charge in [-0.25, -0.2) is 0 Å². The molecule has 0 spiro atoms. The lowest BCUT2D eigenvalue weighted by molar-refractivity contribution is -0.384. The molecule has 0 saturated carbocycles. The van der Waals surface area contributed by atoms with Crippen molar-refractivity contribution in [3.63, 3.8) is 0 Å². The van der Waals surface area contributed by atoms with Crippen molar-refractivity contribution in [2.45, 2.75) is 45.6 Å². The Bertz CT molecular complexity index is 600. The van der Waals surface area contributed by atoms with Crippen LogP contribution in [0.1, 0.15) is 39.2 Å². The molecular weight excluding hydrogens is 300 g/mol. The number of aliphatic carboxylic acids is 1. The molecule has 0 radical (unpaired) electrons. The summed E-state index contributed by atoms with van der Waals surface area (Å²) in [7, 11) is 0. The number of nitrogens with zero attached hydrogens (tertiary/aromatic N) is 1. The average Bonchev–Trinajstić information content (AvgIpc) is 2.44. The maximum Gasteiger partial charge on any atom is 0.305 e.